The summed E-state index contributed by atoms with van der Waals surface area (Å²) in [6, 6.07) is 8.80. The van der Waals surface area contributed by atoms with E-state index in [0.717, 1.165) is 0 Å². The van der Waals surface area contributed by atoms with Crippen molar-refractivity contribution in [2.45, 2.75) is 0 Å². The molecule has 1 saturated heterocycles. The number of furan rings is 1. The predicted octanol–water partition coefficient (Wildman–Crippen LogP) is 1.65. The van der Waals surface area contributed by atoms with Crippen LogP contribution in [0.3, 0.4) is 0 Å². The Bertz CT molecular complexity index is 1080. The normalized spacial score (nSPS) is 13.9. The van der Waals surface area contributed by atoms with Gasteiger partial charge in [-0.05, 0) is 24.3 Å². The number of ether oxygens (including phenoxy) is 1. The van der Waals surface area contributed by atoms with Gasteiger partial charge in [0.05, 0.1) is 6.26 Å². The molecule has 1 aliphatic heterocycles. The van der Waals surface area contributed by atoms with Gasteiger partial charge >= 0.3 is 5.97 Å². The molecule has 10 heteroatoms. The van der Waals surface area contributed by atoms with Crippen LogP contribution in [0.1, 0.15) is 16.2 Å². The third-order valence-corrected chi connectivity index (χ3v) is 4.85. The Kier molecular flexibility index (Phi) is 5.26. The number of oxazole rings is 1. The maximum Gasteiger partial charge on any atom is 0.355 e. The second kappa shape index (κ2) is 8.16. The number of aryl methyl sites for hydroxylation is 1. The van der Waals surface area contributed by atoms with Crippen molar-refractivity contribution in [2.24, 2.45) is 7.05 Å². The summed E-state index contributed by atoms with van der Waals surface area (Å²) in [5.74, 6) is 0.210. The quantitative estimate of drug-likeness (QED) is 0.584. The minimum Gasteiger partial charge on any atom is -0.459 e. The van der Waals surface area contributed by atoms with Gasteiger partial charge in [-0.2, -0.15) is 10.2 Å². The summed E-state index contributed by atoms with van der Waals surface area (Å²) >= 11 is 0. The minimum atomic E-state index is -0.541. The van der Waals surface area contributed by atoms with Crippen molar-refractivity contribution in [1.82, 2.24) is 14.5 Å². The highest BCUT2D eigenvalue weighted by Crippen LogP contribution is 2.29. The summed E-state index contributed by atoms with van der Waals surface area (Å²) in [6.45, 7) is 1.40. The molecule has 1 aliphatic rings. The number of hydrogen-bond donors (Lipinski definition) is 0. The van der Waals surface area contributed by atoms with Gasteiger partial charge in [0.15, 0.2) is 12.4 Å². The molecule has 0 unspecified atom stereocenters. The summed E-state index contributed by atoms with van der Waals surface area (Å²) < 4.78 is 17.8. The summed E-state index contributed by atoms with van der Waals surface area (Å²) in [7, 11) is 1.73. The van der Waals surface area contributed by atoms with Gasteiger partial charge in [0.1, 0.15) is 11.8 Å². The van der Waals surface area contributed by atoms with Gasteiger partial charge in [-0.3, -0.25) is 4.79 Å². The lowest BCUT2D eigenvalue weighted by molar-refractivity contribution is -0.134. The number of nitriles is 1. The lowest BCUT2D eigenvalue weighted by Crippen LogP contribution is -2.50. The van der Waals surface area contributed by atoms with E-state index in [1.807, 2.05) is 11.0 Å². The van der Waals surface area contributed by atoms with Crippen LogP contribution in [-0.4, -0.2) is 59.1 Å². The summed E-state index contributed by atoms with van der Waals surface area (Å²) in [5.41, 5.74) is 0.548. The van der Waals surface area contributed by atoms with E-state index in [-0.39, 0.29) is 24.1 Å². The first-order chi connectivity index (χ1) is 14.6. The molecule has 0 atom stereocenters. The van der Waals surface area contributed by atoms with Crippen molar-refractivity contribution in [3.63, 3.8) is 0 Å². The number of nitrogens with zero attached hydrogens (tertiary/aromatic N) is 5. The van der Waals surface area contributed by atoms with Crippen LogP contribution >= 0.6 is 0 Å². The molecule has 0 spiro atoms. The predicted molar refractivity (Wildman–Crippen MR) is 103 cm³/mol. The summed E-state index contributed by atoms with van der Waals surface area (Å²) in [4.78, 5) is 32.1. The largest absolute Gasteiger partial charge is 0.459 e. The van der Waals surface area contributed by atoms with Gasteiger partial charge < -0.3 is 27.9 Å². The van der Waals surface area contributed by atoms with Gasteiger partial charge in [0.25, 0.3) is 11.8 Å². The summed E-state index contributed by atoms with van der Waals surface area (Å²) in [5, 5.41) is 9.38. The van der Waals surface area contributed by atoms with Crippen molar-refractivity contribution < 1.29 is 23.2 Å². The monoisotopic (exact) mass is 409 g/mol. The molecule has 10 nitrogen and oxygen atoms in total. The molecule has 3 aromatic rings. The fourth-order valence-electron chi connectivity index (χ4n) is 3.23. The standard InChI is InChI=1S/C20H19N5O5/c1-23-6-2-4-15(23)20(27)29-13-17(26)24-7-9-25(10-8-24)19-14(12-21)22-18(30-19)16-5-3-11-28-16/h2-6,11H,7-10,13H2,1H3. The molecule has 0 bridgehead atoms. The van der Waals surface area contributed by atoms with Crippen molar-refractivity contribution in [1.29, 1.82) is 5.26 Å². The van der Waals surface area contributed by atoms with Crippen LogP contribution in [0, 0.1) is 11.3 Å². The van der Waals surface area contributed by atoms with Crippen molar-refractivity contribution in [3.8, 4) is 17.7 Å². The molecule has 0 saturated carbocycles. The van der Waals surface area contributed by atoms with E-state index in [1.165, 1.54) is 6.26 Å². The van der Waals surface area contributed by atoms with Crippen LogP contribution in [0.4, 0.5) is 5.88 Å². The van der Waals surface area contributed by atoms with Gasteiger partial charge in [-0.15, -0.1) is 0 Å². The number of aromatic nitrogens is 2. The highest BCUT2D eigenvalue weighted by Gasteiger charge is 2.27. The van der Waals surface area contributed by atoms with Crippen molar-refractivity contribution >= 4 is 17.8 Å². The van der Waals surface area contributed by atoms with Gasteiger partial charge in [-0.25, -0.2) is 4.79 Å². The molecule has 0 aliphatic carbocycles. The topological polar surface area (TPSA) is 118 Å². The number of amides is 1. The third kappa shape index (κ3) is 3.77. The molecule has 1 amide bonds. The Hall–Kier alpha value is -4.00. The Balaban J connectivity index is 1.34. The van der Waals surface area contributed by atoms with Crippen LogP contribution in [0.15, 0.2) is 45.6 Å². The zero-order valence-corrected chi connectivity index (χ0v) is 16.3. The second-order valence-electron chi connectivity index (χ2n) is 6.71. The molecule has 0 aromatic carbocycles. The van der Waals surface area contributed by atoms with Crippen LogP contribution in [-0.2, 0) is 16.6 Å². The Morgan fingerprint density at radius 3 is 2.67 bits per heavy atom. The van der Waals surface area contributed by atoms with Crippen molar-refractivity contribution in [3.05, 3.63) is 48.1 Å². The zero-order valence-electron chi connectivity index (χ0n) is 16.3. The average Bonchev–Trinajstić information content (AvgIpc) is 3.51. The molecular weight excluding hydrogens is 390 g/mol. The van der Waals surface area contributed by atoms with Crippen LogP contribution in [0.2, 0.25) is 0 Å². The molecule has 4 rings (SSSR count). The van der Waals surface area contributed by atoms with E-state index >= 15 is 0 Å². The van der Waals surface area contributed by atoms with Crippen molar-refractivity contribution in [2.75, 3.05) is 37.7 Å². The molecule has 0 N–H and O–H groups in total. The van der Waals surface area contributed by atoms with E-state index in [4.69, 9.17) is 13.6 Å². The first kappa shape index (κ1) is 19.3. The molecule has 30 heavy (non-hydrogen) atoms. The SMILES string of the molecule is Cn1cccc1C(=O)OCC(=O)N1CCN(c2oc(-c3ccco3)nc2C#N)CC1. The highest BCUT2D eigenvalue weighted by molar-refractivity contribution is 5.90. The number of esters is 1. The number of carbonyl (C=O) groups is 2. The van der Waals surface area contributed by atoms with E-state index in [1.54, 1.807) is 47.0 Å². The first-order valence-electron chi connectivity index (χ1n) is 9.33. The van der Waals surface area contributed by atoms with Gasteiger partial charge in [0.2, 0.25) is 11.6 Å². The number of piperazine rings is 1. The Morgan fingerprint density at radius 1 is 1.23 bits per heavy atom. The fraction of sp³-hybridized carbons (Fsp3) is 0.300. The summed E-state index contributed by atoms with van der Waals surface area (Å²) in [6.07, 6.45) is 3.23. The van der Waals surface area contributed by atoms with E-state index < -0.39 is 5.97 Å². The molecule has 3 aromatic heterocycles. The van der Waals surface area contributed by atoms with Gasteiger partial charge in [-0.1, -0.05) is 0 Å². The van der Waals surface area contributed by atoms with Crippen LogP contribution < -0.4 is 4.90 Å². The molecule has 1 fully saturated rings. The molecule has 154 valence electrons. The molecule has 0 radical (unpaired) electrons. The Morgan fingerprint density at radius 2 is 2.03 bits per heavy atom. The first-order valence-corrected chi connectivity index (χ1v) is 9.33. The minimum absolute atomic E-state index is 0.165. The lowest BCUT2D eigenvalue weighted by Gasteiger charge is -2.34. The maximum atomic E-state index is 12.4. The number of anilines is 1. The van der Waals surface area contributed by atoms with Crippen LogP contribution in [0.5, 0.6) is 0 Å². The molecular formula is C20H19N5O5. The lowest BCUT2D eigenvalue weighted by atomic mass is 10.3. The number of carbonyl (C=O) groups excluding carboxylic acids is 2. The Labute approximate surface area is 171 Å². The fourth-order valence-corrected chi connectivity index (χ4v) is 3.23. The van der Waals surface area contributed by atoms with E-state index in [0.29, 0.717) is 43.5 Å². The van der Waals surface area contributed by atoms with Gasteiger partial charge in [0, 0.05) is 39.4 Å². The highest BCUT2D eigenvalue weighted by atomic mass is 16.5. The van der Waals surface area contributed by atoms with Crippen LogP contribution in [0.25, 0.3) is 11.7 Å². The number of rotatable bonds is 5. The second-order valence-corrected chi connectivity index (χ2v) is 6.71. The molecule has 4 heterocycles. The van der Waals surface area contributed by atoms with E-state index in [9.17, 15) is 14.9 Å². The van der Waals surface area contributed by atoms with E-state index in [2.05, 4.69) is 4.98 Å². The number of hydrogen-bond acceptors (Lipinski definition) is 8. The smallest absolute Gasteiger partial charge is 0.355 e. The maximum absolute atomic E-state index is 12.4. The average molecular weight is 409 g/mol. The zero-order chi connectivity index (χ0) is 21.1. The third-order valence-electron chi connectivity index (χ3n) is 4.85.